The molecule has 0 bridgehead atoms. The van der Waals surface area contributed by atoms with Crippen molar-refractivity contribution in [3.63, 3.8) is 0 Å². The smallest absolute Gasteiger partial charge is 0.138 e. The number of ether oxygens (including phenoxy) is 1. The summed E-state index contributed by atoms with van der Waals surface area (Å²) in [5.41, 5.74) is 4.16. The average molecular weight is 414 g/mol. The highest BCUT2D eigenvalue weighted by Crippen LogP contribution is 2.33. The second-order valence-electron chi connectivity index (χ2n) is 4.75. The highest BCUT2D eigenvalue weighted by Gasteiger charge is 2.10. The number of nitrogens with one attached hydrogen (secondary N) is 1. The first-order valence-electron chi connectivity index (χ1n) is 6.80. The number of nitrogens with zero attached hydrogens (tertiary/aromatic N) is 1. The maximum Gasteiger partial charge on any atom is 0.138 e. The van der Waals surface area contributed by atoms with Crippen LogP contribution in [0.1, 0.15) is 23.9 Å². The van der Waals surface area contributed by atoms with Crippen LogP contribution in [0.2, 0.25) is 0 Å². The van der Waals surface area contributed by atoms with E-state index >= 15 is 0 Å². The fourth-order valence-corrected chi connectivity index (χ4v) is 3.54. The van der Waals surface area contributed by atoms with E-state index in [1.165, 1.54) is 0 Å². The third kappa shape index (κ3) is 4.20. The molecular formula is C16H18Br2N2O. The molecule has 0 unspecified atom stereocenters. The topological polar surface area (TPSA) is 34.1 Å². The Balaban J connectivity index is 2.22. The molecule has 2 aromatic rings. The van der Waals surface area contributed by atoms with Crippen LogP contribution in [-0.2, 0) is 6.54 Å². The highest BCUT2D eigenvalue weighted by molar-refractivity contribution is 9.11. The number of aromatic nitrogens is 1. The van der Waals surface area contributed by atoms with Crippen molar-refractivity contribution in [3.05, 3.63) is 50.2 Å². The maximum absolute atomic E-state index is 5.74. The minimum atomic E-state index is 0.637. The van der Waals surface area contributed by atoms with Crippen LogP contribution in [0.3, 0.4) is 0 Å². The quantitative estimate of drug-likeness (QED) is 0.728. The number of aryl methyl sites for hydroxylation is 2. The summed E-state index contributed by atoms with van der Waals surface area (Å²) in [5.74, 6) is 0.880. The van der Waals surface area contributed by atoms with Crippen molar-refractivity contribution in [2.45, 2.75) is 27.3 Å². The first-order valence-corrected chi connectivity index (χ1v) is 8.38. The van der Waals surface area contributed by atoms with E-state index < -0.39 is 0 Å². The van der Waals surface area contributed by atoms with Gasteiger partial charge in [0.2, 0.25) is 0 Å². The van der Waals surface area contributed by atoms with Crippen molar-refractivity contribution in [2.24, 2.45) is 0 Å². The van der Waals surface area contributed by atoms with Gasteiger partial charge in [0.1, 0.15) is 5.75 Å². The lowest BCUT2D eigenvalue weighted by Gasteiger charge is -2.15. The van der Waals surface area contributed by atoms with Gasteiger partial charge in [-0.15, -0.1) is 0 Å². The minimum absolute atomic E-state index is 0.637. The molecule has 0 aliphatic carbocycles. The van der Waals surface area contributed by atoms with Gasteiger partial charge in [0.25, 0.3) is 0 Å². The normalized spacial score (nSPS) is 10.5. The van der Waals surface area contributed by atoms with Crippen molar-refractivity contribution in [2.75, 3.05) is 11.9 Å². The Morgan fingerprint density at radius 1 is 1.19 bits per heavy atom. The van der Waals surface area contributed by atoms with E-state index in [9.17, 15) is 0 Å². The number of halogens is 2. The molecule has 0 atom stereocenters. The molecule has 1 aromatic heterocycles. The molecule has 0 aliphatic heterocycles. The molecular weight excluding hydrogens is 396 g/mol. The van der Waals surface area contributed by atoms with Crippen LogP contribution in [0, 0.1) is 13.8 Å². The van der Waals surface area contributed by atoms with E-state index in [2.05, 4.69) is 54.3 Å². The van der Waals surface area contributed by atoms with Gasteiger partial charge in [0.15, 0.2) is 0 Å². The Morgan fingerprint density at radius 2 is 1.95 bits per heavy atom. The van der Waals surface area contributed by atoms with E-state index in [1.54, 1.807) is 0 Å². The molecule has 1 N–H and O–H groups in total. The van der Waals surface area contributed by atoms with Gasteiger partial charge >= 0.3 is 0 Å². The van der Waals surface area contributed by atoms with Crippen LogP contribution in [0.5, 0.6) is 5.75 Å². The predicted molar refractivity (Wildman–Crippen MR) is 94.0 cm³/mol. The van der Waals surface area contributed by atoms with Crippen molar-refractivity contribution < 1.29 is 4.74 Å². The standard InChI is InChI=1S/C16H18Br2N2O/c1-4-21-16-12(7-13(17)8-14(16)18)9-19-15-6-5-10(2)20-11(15)3/h5-8,19H,4,9H2,1-3H3. The maximum atomic E-state index is 5.74. The van der Waals surface area contributed by atoms with Gasteiger partial charge in [-0.05, 0) is 61.0 Å². The van der Waals surface area contributed by atoms with E-state index in [4.69, 9.17) is 4.74 Å². The third-order valence-electron chi connectivity index (χ3n) is 3.07. The monoisotopic (exact) mass is 412 g/mol. The highest BCUT2D eigenvalue weighted by atomic mass is 79.9. The molecule has 0 aliphatic rings. The molecule has 1 heterocycles. The van der Waals surface area contributed by atoms with Gasteiger partial charge < -0.3 is 10.1 Å². The summed E-state index contributed by atoms with van der Waals surface area (Å²) in [6.07, 6.45) is 0. The van der Waals surface area contributed by atoms with E-state index in [-0.39, 0.29) is 0 Å². The molecule has 1 aromatic carbocycles. The largest absolute Gasteiger partial charge is 0.492 e. The summed E-state index contributed by atoms with van der Waals surface area (Å²) in [6, 6.07) is 8.13. The number of benzene rings is 1. The van der Waals surface area contributed by atoms with Gasteiger partial charge in [0.05, 0.1) is 22.5 Å². The number of pyridine rings is 1. The summed E-state index contributed by atoms with van der Waals surface area (Å²) >= 11 is 7.08. The Bertz CT molecular complexity index is 644. The Morgan fingerprint density at radius 3 is 2.62 bits per heavy atom. The molecule has 0 amide bonds. The first kappa shape index (κ1) is 16.3. The first-order chi connectivity index (χ1) is 10.0. The number of hydrogen-bond donors (Lipinski definition) is 1. The van der Waals surface area contributed by atoms with E-state index in [0.717, 1.165) is 37.3 Å². The number of hydrogen-bond acceptors (Lipinski definition) is 3. The third-order valence-corrected chi connectivity index (χ3v) is 4.12. The van der Waals surface area contributed by atoms with Crippen molar-refractivity contribution in [1.82, 2.24) is 4.98 Å². The number of anilines is 1. The lowest BCUT2D eigenvalue weighted by Crippen LogP contribution is -2.06. The van der Waals surface area contributed by atoms with Crippen LogP contribution >= 0.6 is 31.9 Å². The average Bonchev–Trinajstić information content (AvgIpc) is 2.41. The molecule has 3 nitrogen and oxygen atoms in total. The zero-order valence-corrected chi connectivity index (χ0v) is 15.5. The summed E-state index contributed by atoms with van der Waals surface area (Å²) in [5, 5.41) is 3.43. The lowest BCUT2D eigenvalue weighted by molar-refractivity contribution is 0.334. The molecule has 0 saturated carbocycles. The SMILES string of the molecule is CCOc1c(Br)cc(Br)cc1CNc1ccc(C)nc1C. The molecule has 0 saturated heterocycles. The summed E-state index contributed by atoms with van der Waals surface area (Å²) in [4.78, 5) is 4.47. The molecule has 5 heteroatoms. The van der Waals surface area contributed by atoms with Gasteiger partial charge in [-0.2, -0.15) is 0 Å². The minimum Gasteiger partial charge on any atom is -0.492 e. The van der Waals surface area contributed by atoms with Crippen LogP contribution in [0.25, 0.3) is 0 Å². The lowest BCUT2D eigenvalue weighted by atomic mass is 10.2. The molecule has 2 rings (SSSR count). The second kappa shape index (κ2) is 7.27. The van der Waals surface area contributed by atoms with Gasteiger partial charge in [-0.25, -0.2) is 0 Å². The van der Waals surface area contributed by atoms with Crippen LogP contribution in [-0.4, -0.2) is 11.6 Å². The van der Waals surface area contributed by atoms with Crippen molar-refractivity contribution >= 4 is 37.5 Å². The van der Waals surface area contributed by atoms with Gasteiger partial charge in [0, 0.05) is 22.3 Å². The van der Waals surface area contributed by atoms with Crippen LogP contribution in [0.4, 0.5) is 5.69 Å². The van der Waals surface area contributed by atoms with Gasteiger partial charge in [-0.1, -0.05) is 15.9 Å². The van der Waals surface area contributed by atoms with Crippen LogP contribution < -0.4 is 10.1 Å². The Labute approximate surface area is 142 Å². The van der Waals surface area contributed by atoms with Crippen LogP contribution in [0.15, 0.2) is 33.2 Å². The van der Waals surface area contributed by atoms with Crippen molar-refractivity contribution in [1.29, 1.82) is 0 Å². The fourth-order valence-electron chi connectivity index (χ4n) is 2.11. The number of rotatable bonds is 5. The fraction of sp³-hybridized carbons (Fsp3) is 0.312. The predicted octanol–water partition coefficient (Wildman–Crippen LogP) is 5.23. The summed E-state index contributed by atoms with van der Waals surface area (Å²) in [6.45, 7) is 7.31. The van der Waals surface area contributed by atoms with E-state index in [0.29, 0.717) is 13.2 Å². The van der Waals surface area contributed by atoms with Crippen molar-refractivity contribution in [3.8, 4) is 5.75 Å². The molecule has 112 valence electrons. The molecule has 0 fully saturated rings. The summed E-state index contributed by atoms with van der Waals surface area (Å²) in [7, 11) is 0. The van der Waals surface area contributed by atoms with E-state index in [1.807, 2.05) is 32.9 Å². The molecule has 21 heavy (non-hydrogen) atoms. The van der Waals surface area contributed by atoms with Gasteiger partial charge in [-0.3, -0.25) is 4.98 Å². The Kier molecular flexibility index (Phi) is 5.65. The summed E-state index contributed by atoms with van der Waals surface area (Å²) < 4.78 is 7.71. The second-order valence-corrected chi connectivity index (χ2v) is 6.52. The zero-order valence-electron chi connectivity index (χ0n) is 12.3. The zero-order chi connectivity index (χ0) is 15.4. The molecule has 0 radical (unpaired) electrons. The Hall–Kier alpha value is -1.07. The molecule has 0 spiro atoms.